The normalized spacial score (nSPS) is 15.4. The van der Waals surface area contributed by atoms with Crippen molar-refractivity contribution in [2.24, 2.45) is 0 Å². The number of nitrogens with zero attached hydrogens (tertiary/aromatic N) is 1. The summed E-state index contributed by atoms with van der Waals surface area (Å²) in [5.74, 6) is -1.21. The molecule has 0 aliphatic heterocycles. The first-order valence-corrected chi connectivity index (χ1v) is 7.51. The van der Waals surface area contributed by atoms with E-state index in [9.17, 15) is 17.6 Å². The standard InChI is InChI=1S/C19H13F4N/c1-18(2)12-5-3-4-10-8-9-24-17(14(10)12)11-6-7-13(19(21,22)23)16(20)15(11)18/h3-9H,1-2H3. The summed E-state index contributed by atoms with van der Waals surface area (Å²) in [6.45, 7) is 3.50. The van der Waals surface area contributed by atoms with Crippen molar-refractivity contribution in [3.63, 3.8) is 0 Å². The van der Waals surface area contributed by atoms with Gasteiger partial charge in [-0.05, 0) is 23.1 Å². The van der Waals surface area contributed by atoms with Crippen molar-refractivity contribution in [3.05, 3.63) is 65.1 Å². The second kappa shape index (κ2) is 4.56. The minimum absolute atomic E-state index is 0.0519. The highest BCUT2D eigenvalue weighted by Crippen LogP contribution is 2.50. The summed E-state index contributed by atoms with van der Waals surface area (Å²) >= 11 is 0. The molecule has 122 valence electrons. The highest BCUT2D eigenvalue weighted by atomic mass is 19.4. The lowest BCUT2D eigenvalue weighted by atomic mass is 9.69. The molecule has 1 heterocycles. The lowest BCUT2D eigenvalue weighted by molar-refractivity contribution is -0.140. The van der Waals surface area contributed by atoms with Crippen LogP contribution in [0.4, 0.5) is 17.6 Å². The lowest BCUT2D eigenvalue weighted by Crippen LogP contribution is -2.27. The molecule has 2 aromatic carbocycles. The molecule has 0 saturated heterocycles. The zero-order chi connectivity index (χ0) is 17.3. The molecular weight excluding hydrogens is 318 g/mol. The van der Waals surface area contributed by atoms with Crippen molar-refractivity contribution in [3.8, 4) is 11.3 Å². The van der Waals surface area contributed by atoms with Crippen LogP contribution in [0, 0.1) is 5.82 Å². The molecule has 24 heavy (non-hydrogen) atoms. The molecular formula is C19H13F4N. The van der Waals surface area contributed by atoms with E-state index in [1.165, 1.54) is 6.07 Å². The van der Waals surface area contributed by atoms with Crippen LogP contribution in [0.1, 0.15) is 30.5 Å². The Labute approximate surface area is 136 Å². The molecule has 0 bridgehead atoms. The molecule has 0 radical (unpaired) electrons. The molecule has 0 amide bonds. The van der Waals surface area contributed by atoms with Crippen molar-refractivity contribution < 1.29 is 17.6 Å². The van der Waals surface area contributed by atoms with Crippen LogP contribution in [-0.4, -0.2) is 4.98 Å². The molecule has 0 unspecified atom stereocenters. The van der Waals surface area contributed by atoms with E-state index in [1.807, 2.05) is 24.3 Å². The number of aromatic nitrogens is 1. The molecule has 0 N–H and O–H groups in total. The average molecular weight is 331 g/mol. The smallest absolute Gasteiger partial charge is 0.256 e. The largest absolute Gasteiger partial charge is 0.419 e. The fourth-order valence-electron chi connectivity index (χ4n) is 3.69. The van der Waals surface area contributed by atoms with Gasteiger partial charge in [0.15, 0.2) is 0 Å². The number of benzene rings is 2. The highest BCUT2D eigenvalue weighted by molar-refractivity contribution is 6.01. The van der Waals surface area contributed by atoms with E-state index in [0.717, 1.165) is 22.4 Å². The Balaban J connectivity index is 2.18. The predicted molar refractivity (Wildman–Crippen MR) is 84.3 cm³/mol. The Hall–Kier alpha value is -2.43. The average Bonchev–Trinajstić information content (AvgIpc) is 2.51. The van der Waals surface area contributed by atoms with Gasteiger partial charge in [-0.3, -0.25) is 4.98 Å². The molecule has 0 spiro atoms. The van der Waals surface area contributed by atoms with Gasteiger partial charge in [0.1, 0.15) is 5.82 Å². The zero-order valence-corrected chi connectivity index (χ0v) is 13.0. The quantitative estimate of drug-likeness (QED) is 0.482. The van der Waals surface area contributed by atoms with Crippen molar-refractivity contribution in [2.45, 2.75) is 25.4 Å². The molecule has 4 rings (SSSR count). The van der Waals surface area contributed by atoms with Gasteiger partial charge >= 0.3 is 6.18 Å². The number of halogens is 4. The Kier molecular flexibility index (Phi) is 2.87. The fraction of sp³-hybridized carbons (Fsp3) is 0.211. The number of alkyl halides is 3. The summed E-state index contributed by atoms with van der Waals surface area (Å²) in [7, 11) is 0. The predicted octanol–water partition coefficient (Wildman–Crippen LogP) is 5.70. The minimum Gasteiger partial charge on any atom is -0.256 e. The third kappa shape index (κ3) is 1.84. The summed E-state index contributed by atoms with van der Waals surface area (Å²) in [4.78, 5) is 4.33. The molecule has 1 aliphatic carbocycles. The van der Waals surface area contributed by atoms with Gasteiger partial charge < -0.3 is 0 Å². The van der Waals surface area contributed by atoms with Crippen LogP contribution in [0.5, 0.6) is 0 Å². The Morgan fingerprint density at radius 1 is 1.00 bits per heavy atom. The van der Waals surface area contributed by atoms with Gasteiger partial charge in [0.25, 0.3) is 0 Å². The topological polar surface area (TPSA) is 12.9 Å². The monoisotopic (exact) mass is 331 g/mol. The van der Waals surface area contributed by atoms with Gasteiger partial charge in [-0.25, -0.2) is 4.39 Å². The molecule has 1 aliphatic rings. The SMILES string of the molecule is CC1(C)c2c(ccc(C(F)(F)F)c2F)-c2nccc3cccc1c23. The van der Waals surface area contributed by atoms with E-state index in [1.54, 1.807) is 20.0 Å². The van der Waals surface area contributed by atoms with Crippen molar-refractivity contribution in [1.29, 1.82) is 0 Å². The Morgan fingerprint density at radius 2 is 1.75 bits per heavy atom. The Bertz CT molecular complexity index is 981. The van der Waals surface area contributed by atoms with Gasteiger partial charge in [-0.2, -0.15) is 13.2 Å². The van der Waals surface area contributed by atoms with Crippen LogP contribution in [0.3, 0.4) is 0 Å². The first-order chi connectivity index (χ1) is 11.2. The molecule has 0 saturated carbocycles. The minimum atomic E-state index is -4.73. The van der Waals surface area contributed by atoms with Crippen LogP contribution in [-0.2, 0) is 11.6 Å². The third-order valence-corrected chi connectivity index (χ3v) is 4.79. The molecule has 1 aromatic heterocycles. The van der Waals surface area contributed by atoms with E-state index in [4.69, 9.17) is 0 Å². The van der Waals surface area contributed by atoms with Crippen molar-refractivity contribution in [2.75, 3.05) is 0 Å². The summed E-state index contributed by atoms with van der Waals surface area (Å²) < 4.78 is 54.3. The number of rotatable bonds is 0. The van der Waals surface area contributed by atoms with Crippen LogP contribution >= 0.6 is 0 Å². The summed E-state index contributed by atoms with van der Waals surface area (Å²) in [6, 6.07) is 9.57. The van der Waals surface area contributed by atoms with E-state index >= 15 is 0 Å². The van der Waals surface area contributed by atoms with Crippen molar-refractivity contribution in [1.82, 2.24) is 4.98 Å². The van der Waals surface area contributed by atoms with Crippen LogP contribution in [0.25, 0.3) is 22.0 Å². The van der Waals surface area contributed by atoms with Gasteiger partial charge in [0.2, 0.25) is 0 Å². The number of fused-ring (bicyclic) bond motifs is 2. The maximum atomic E-state index is 14.9. The van der Waals surface area contributed by atoms with E-state index in [0.29, 0.717) is 11.3 Å². The first kappa shape index (κ1) is 15.1. The summed E-state index contributed by atoms with van der Waals surface area (Å²) in [6.07, 6.45) is -3.13. The Morgan fingerprint density at radius 3 is 2.46 bits per heavy atom. The zero-order valence-electron chi connectivity index (χ0n) is 13.0. The third-order valence-electron chi connectivity index (χ3n) is 4.79. The number of hydrogen-bond donors (Lipinski definition) is 0. The maximum Gasteiger partial charge on any atom is 0.419 e. The summed E-state index contributed by atoms with van der Waals surface area (Å²) in [5.41, 5.74) is -0.332. The number of pyridine rings is 1. The molecule has 3 aromatic rings. The van der Waals surface area contributed by atoms with Crippen molar-refractivity contribution >= 4 is 10.8 Å². The van der Waals surface area contributed by atoms with Gasteiger partial charge in [-0.15, -0.1) is 0 Å². The van der Waals surface area contributed by atoms with Gasteiger partial charge in [0, 0.05) is 28.1 Å². The first-order valence-electron chi connectivity index (χ1n) is 7.51. The van der Waals surface area contributed by atoms with Crippen LogP contribution in [0.15, 0.2) is 42.6 Å². The van der Waals surface area contributed by atoms with E-state index < -0.39 is 23.0 Å². The summed E-state index contributed by atoms with van der Waals surface area (Å²) in [5, 5.41) is 1.81. The van der Waals surface area contributed by atoms with E-state index in [2.05, 4.69) is 4.98 Å². The molecule has 0 atom stereocenters. The second-order valence-electron chi connectivity index (χ2n) is 6.54. The van der Waals surface area contributed by atoms with E-state index in [-0.39, 0.29) is 5.56 Å². The van der Waals surface area contributed by atoms with Gasteiger partial charge in [0.05, 0.1) is 11.3 Å². The molecule has 1 nitrogen and oxygen atoms in total. The van der Waals surface area contributed by atoms with Crippen LogP contribution < -0.4 is 0 Å². The maximum absolute atomic E-state index is 14.9. The lowest BCUT2D eigenvalue weighted by Gasteiger charge is -2.35. The fourth-order valence-corrected chi connectivity index (χ4v) is 3.69. The molecule has 0 fully saturated rings. The van der Waals surface area contributed by atoms with Crippen LogP contribution in [0.2, 0.25) is 0 Å². The molecule has 5 heteroatoms. The second-order valence-corrected chi connectivity index (χ2v) is 6.54. The highest BCUT2D eigenvalue weighted by Gasteiger charge is 2.42. The van der Waals surface area contributed by atoms with Gasteiger partial charge in [-0.1, -0.05) is 38.1 Å². The number of hydrogen-bond acceptors (Lipinski definition) is 1.